The average Bonchev–Trinajstić information content (AvgIpc) is 2.83. The molecule has 3 rings (SSSR count). The lowest BCUT2D eigenvalue weighted by molar-refractivity contribution is 0.386. The number of benzene rings is 2. The van der Waals surface area contributed by atoms with Crippen LogP contribution in [0.4, 0.5) is 4.39 Å². The van der Waals surface area contributed by atoms with Crippen LogP contribution in [0, 0.1) is 5.82 Å². The Morgan fingerprint density at radius 1 is 1.11 bits per heavy atom. The van der Waals surface area contributed by atoms with E-state index in [1.54, 1.807) is 6.07 Å². The van der Waals surface area contributed by atoms with Gasteiger partial charge in [0.05, 0.1) is 7.11 Å². The number of hydrogen-bond acceptors (Lipinski definition) is 1. The molecule has 0 unspecified atom stereocenters. The molecule has 0 amide bonds. The van der Waals surface area contributed by atoms with Gasteiger partial charge in [-0.3, -0.25) is 0 Å². The Morgan fingerprint density at radius 3 is 2.74 bits per heavy atom. The summed E-state index contributed by atoms with van der Waals surface area (Å²) >= 11 is 0. The van der Waals surface area contributed by atoms with E-state index in [2.05, 4.69) is 22.8 Å². The molecule has 1 aromatic heterocycles. The molecule has 0 bridgehead atoms. The summed E-state index contributed by atoms with van der Waals surface area (Å²) in [4.78, 5) is 0. The molecular formula is C16H14FNO. The summed E-state index contributed by atoms with van der Waals surface area (Å²) in [7, 11) is 1.47. The van der Waals surface area contributed by atoms with Gasteiger partial charge in [0.15, 0.2) is 11.6 Å². The molecule has 3 heteroatoms. The Kier molecular flexibility index (Phi) is 2.95. The van der Waals surface area contributed by atoms with Gasteiger partial charge >= 0.3 is 0 Å². The predicted octanol–water partition coefficient (Wildman–Crippen LogP) is 3.84. The Hall–Kier alpha value is -2.29. The number of fused-ring (bicyclic) bond motifs is 1. The number of aromatic nitrogens is 1. The van der Waals surface area contributed by atoms with Crippen LogP contribution in [0.15, 0.2) is 54.7 Å². The first kappa shape index (κ1) is 11.8. The second-order valence-electron chi connectivity index (χ2n) is 4.47. The summed E-state index contributed by atoms with van der Waals surface area (Å²) in [6, 6.07) is 15.3. The van der Waals surface area contributed by atoms with Gasteiger partial charge < -0.3 is 9.30 Å². The second kappa shape index (κ2) is 4.76. The molecule has 0 N–H and O–H groups in total. The molecule has 1 heterocycles. The summed E-state index contributed by atoms with van der Waals surface area (Å²) < 4.78 is 20.7. The lowest BCUT2D eigenvalue weighted by Gasteiger charge is -2.08. The molecule has 0 aliphatic carbocycles. The van der Waals surface area contributed by atoms with Gasteiger partial charge in [-0.15, -0.1) is 0 Å². The molecule has 3 aromatic rings. The molecule has 0 radical (unpaired) electrons. The third-order valence-electron chi connectivity index (χ3n) is 3.25. The number of halogens is 1. The standard InChI is InChI=1S/C16H14FNO/c1-19-16-7-6-12(10-14(16)17)11-18-9-8-13-4-2-3-5-15(13)18/h2-10H,11H2,1H3. The monoisotopic (exact) mass is 255 g/mol. The van der Waals surface area contributed by atoms with Crippen LogP contribution in [-0.4, -0.2) is 11.7 Å². The van der Waals surface area contributed by atoms with E-state index in [1.807, 2.05) is 24.4 Å². The van der Waals surface area contributed by atoms with Crippen molar-refractivity contribution < 1.29 is 9.13 Å². The minimum Gasteiger partial charge on any atom is -0.494 e. The molecule has 96 valence electrons. The van der Waals surface area contributed by atoms with Crippen molar-refractivity contribution in [1.82, 2.24) is 4.57 Å². The summed E-state index contributed by atoms with van der Waals surface area (Å²) in [5.74, 6) is -0.0439. The zero-order valence-electron chi connectivity index (χ0n) is 10.6. The summed E-state index contributed by atoms with van der Waals surface area (Å²) in [5, 5.41) is 1.19. The summed E-state index contributed by atoms with van der Waals surface area (Å²) in [5.41, 5.74) is 2.07. The van der Waals surface area contributed by atoms with Crippen molar-refractivity contribution in [3.05, 3.63) is 66.1 Å². The van der Waals surface area contributed by atoms with Crippen molar-refractivity contribution in [3.8, 4) is 5.75 Å². The number of nitrogens with zero attached hydrogens (tertiary/aromatic N) is 1. The van der Waals surface area contributed by atoms with Crippen molar-refractivity contribution >= 4 is 10.9 Å². The van der Waals surface area contributed by atoms with Gasteiger partial charge in [0.2, 0.25) is 0 Å². The van der Waals surface area contributed by atoms with E-state index in [9.17, 15) is 4.39 Å². The van der Waals surface area contributed by atoms with Gasteiger partial charge in [0.25, 0.3) is 0 Å². The maximum atomic E-state index is 13.7. The van der Waals surface area contributed by atoms with Crippen LogP contribution in [0.25, 0.3) is 10.9 Å². The molecule has 19 heavy (non-hydrogen) atoms. The maximum Gasteiger partial charge on any atom is 0.165 e. The zero-order valence-corrected chi connectivity index (χ0v) is 10.6. The molecule has 0 aliphatic rings. The quantitative estimate of drug-likeness (QED) is 0.693. The van der Waals surface area contributed by atoms with E-state index in [-0.39, 0.29) is 11.6 Å². The molecule has 0 saturated heterocycles. The Bertz CT molecular complexity index is 718. The minimum absolute atomic E-state index is 0.279. The number of hydrogen-bond donors (Lipinski definition) is 0. The fraction of sp³-hybridized carbons (Fsp3) is 0.125. The lowest BCUT2D eigenvalue weighted by atomic mass is 10.2. The zero-order chi connectivity index (χ0) is 13.2. The number of methoxy groups -OCH3 is 1. The van der Waals surface area contributed by atoms with Gasteiger partial charge in [0, 0.05) is 18.3 Å². The SMILES string of the molecule is COc1ccc(Cn2ccc3ccccc32)cc1F. The fourth-order valence-corrected chi connectivity index (χ4v) is 2.28. The van der Waals surface area contributed by atoms with Crippen LogP contribution in [0.1, 0.15) is 5.56 Å². The van der Waals surface area contributed by atoms with Crippen LogP contribution in [0.2, 0.25) is 0 Å². The molecule has 2 nitrogen and oxygen atoms in total. The number of ether oxygens (including phenoxy) is 1. The second-order valence-corrected chi connectivity index (χ2v) is 4.47. The van der Waals surface area contributed by atoms with Gasteiger partial charge in [-0.05, 0) is 35.2 Å². The largest absolute Gasteiger partial charge is 0.494 e. The van der Waals surface area contributed by atoms with Gasteiger partial charge in [-0.1, -0.05) is 24.3 Å². The topological polar surface area (TPSA) is 14.2 Å². The van der Waals surface area contributed by atoms with E-state index in [0.717, 1.165) is 11.1 Å². The van der Waals surface area contributed by atoms with E-state index < -0.39 is 0 Å². The minimum atomic E-state index is -0.323. The lowest BCUT2D eigenvalue weighted by Crippen LogP contribution is -1.99. The van der Waals surface area contributed by atoms with Crippen LogP contribution in [0.5, 0.6) is 5.75 Å². The van der Waals surface area contributed by atoms with Crippen LogP contribution in [0.3, 0.4) is 0 Å². The predicted molar refractivity (Wildman–Crippen MR) is 74.0 cm³/mol. The normalized spacial score (nSPS) is 10.8. The Labute approximate surface area is 111 Å². The molecule has 0 aliphatic heterocycles. The highest BCUT2D eigenvalue weighted by Gasteiger charge is 2.05. The molecule has 0 atom stereocenters. The number of para-hydroxylation sites is 1. The van der Waals surface area contributed by atoms with Gasteiger partial charge in [-0.25, -0.2) is 4.39 Å². The van der Waals surface area contributed by atoms with Crippen molar-refractivity contribution in [2.45, 2.75) is 6.54 Å². The first-order valence-corrected chi connectivity index (χ1v) is 6.14. The third kappa shape index (κ3) is 2.19. The highest BCUT2D eigenvalue weighted by Crippen LogP contribution is 2.20. The average molecular weight is 255 g/mol. The highest BCUT2D eigenvalue weighted by molar-refractivity contribution is 5.80. The smallest absolute Gasteiger partial charge is 0.165 e. The van der Waals surface area contributed by atoms with Gasteiger partial charge in [-0.2, -0.15) is 0 Å². The first-order chi connectivity index (χ1) is 9.28. The number of rotatable bonds is 3. The molecule has 0 spiro atoms. The van der Waals surface area contributed by atoms with E-state index in [1.165, 1.54) is 18.6 Å². The maximum absolute atomic E-state index is 13.7. The molecule has 2 aromatic carbocycles. The summed E-state index contributed by atoms with van der Waals surface area (Å²) in [6.45, 7) is 0.647. The Balaban J connectivity index is 1.95. The van der Waals surface area contributed by atoms with Crippen LogP contribution in [-0.2, 0) is 6.54 Å². The Morgan fingerprint density at radius 2 is 1.95 bits per heavy atom. The van der Waals surface area contributed by atoms with Crippen molar-refractivity contribution in [1.29, 1.82) is 0 Å². The van der Waals surface area contributed by atoms with Crippen molar-refractivity contribution in [2.75, 3.05) is 7.11 Å². The van der Waals surface area contributed by atoms with E-state index >= 15 is 0 Å². The van der Waals surface area contributed by atoms with Gasteiger partial charge in [0.1, 0.15) is 0 Å². The molecular weight excluding hydrogens is 241 g/mol. The molecule has 0 fully saturated rings. The van der Waals surface area contributed by atoms with E-state index in [0.29, 0.717) is 6.54 Å². The highest BCUT2D eigenvalue weighted by atomic mass is 19.1. The molecule has 0 saturated carbocycles. The summed E-state index contributed by atoms with van der Waals surface area (Å²) in [6.07, 6.45) is 2.02. The fourth-order valence-electron chi connectivity index (χ4n) is 2.28. The van der Waals surface area contributed by atoms with Crippen LogP contribution >= 0.6 is 0 Å². The first-order valence-electron chi connectivity index (χ1n) is 6.14. The van der Waals surface area contributed by atoms with Crippen molar-refractivity contribution in [3.63, 3.8) is 0 Å². The van der Waals surface area contributed by atoms with E-state index in [4.69, 9.17) is 4.74 Å². The van der Waals surface area contributed by atoms with Crippen LogP contribution < -0.4 is 4.74 Å². The van der Waals surface area contributed by atoms with Crippen molar-refractivity contribution in [2.24, 2.45) is 0 Å². The third-order valence-corrected chi connectivity index (χ3v) is 3.25.